The molecule has 0 radical (unpaired) electrons. The van der Waals surface area contributed by atoms with Crippen molar-refractivity contribution in [1.29, 1.82) is 0 Å². The monoisotopic (exact) mass is 890 g/mol. The molecule has 2 heterocycles. The van der Waals surface area contributed by atoms with Crippen LogP contribution in [0.2, 0.25) is 0 Å². The van der Waals surface area contributed by atoms with Gasteiger partial charge in [0, 0.05) is 39.6 Å². The smallest absolute Gasteiger partial charge is 0.0620 e. The Morgan fingerprint density at radius 2 is 0.714 bits per heavy atom. The number of nitrogens with zero attached hydrogens (tertiary/aromatic N) is 2. The van der Waals surface area contributed by atoms with Crippen molar-refractivity contribution in [2.24, 2.45) is 0 Å². The van der Waals surface area contributed by atoms with Gasteiger partial charge in [0.1, 0.15) is 0 Å². The standard InChI is InChI=1S/C68H46N2/c1-4-17-51(18-5-1)59-25-10-11-26-60(59)52-38-41-57(42-39-52)70(56-22-8-3-9-23-56)58-24-16-21-54(45-58)49-34-30-47(31-35-49)48-32-36-50(37-33-48)55-40-43-63-64(46-55)61-27-12-13-28-62(61)67-66(53-19-6-2-7-20-53)65-29-14-15-44-69(65)68(63)67/h1-46H. The van der Waals surface area contributed by atoms with Crippen LogP contribution < -0.4 is 4.90 Å². The molecule has 0 atom stereocenters. The molecule has 0 aliphatic carbocycles. The predicted molar refractivity (Wildman–Crippen MR) is 297 cm³/mol. The minimum Gasteiger partial charge on any atom is -0.315 e. The summed E-state index contributed by atoms with van der Waals surface area (Å²) in [7, 11) is 0. The largest absolute Gasteiger partial charge is 0.315 e. The highest BCUT2D eigenvalue weighted by atomic mass is 15.1. The van der Waals surface area contributed by atoms with Gasteiger partial charge in [0.05, 0.1) is 11.0 Å². The molecule has 13 rings (SSSR count). The van der Waals surface area contributed by atoms with Crippen molar-refractivity contribution in [2.75, 3.05) is 4.90 Å². The number of anilines is 3. The molecule has 0 aliphatic rings. The number of pyridine rings is 1. The van der Waals surface area contributed by atoms with E-state index in [1.165, 1.54) is 105 Å². The third-order valence-corrected chi connectivity index (χ3v) is 14.0. The second-order valence-corrected chi connectivity index (χ2v) is 18.1. The number of benzene rings is 11. The van der Waals surface area contributed by atoms with E-state index in [0.717, 1.165) is 17.1 Å². The summed E-state index contributed by atoms with van der Waals surface area (Å²) < 4.78 is 2.38. The molecule has 0 saturated heterocycles. The Morgan fingerprint density at radius 1 is 0.257 bits per heavy atom. The predicted octanol–water partition coefficient (Wildman–Crippen LogP) is 18.9. The molecule has 328 valence electrons. The fraction of sp³-hybridized carbons (Fsp3) is 0. The van der Waals surface area contributed by atoms with Crippen molar-refractivity contribution >= 4 is 55.0 Å². The van der Waals surface area contributed by atoms with E-state index in [-0.39, 0.29) is 0 Å². The van der Waals surface area contributed by atoms with Crippen molar-refractivity contribution in [3.8, 4) is 66.8 Å². The van der Waals surface area contributed by atoms with Crippen LogP contribution in [0.15, 0.2) is 279 Å². The van der Waals surface area contributed by atoms with Crippen molar-refractivity contribution < 1.29 is 0 Å². The van der Waals surface area contributed by atoms with Crippen LogP contribution in [-0.4, -0.2) is 4.40 Å². The minimum atomic E-state index is 1.10. The first-order chi connectivity index (χ1) is 34.7. The zero-order valence-corrected chi connectivity index (χ0v) is 38.5. The minimum absolute atomic E-state index is 1.10. The van der Waals surface area contributed by atoms with Crippen LogP contribution in [0.3, 0.4) is 0 Å². The van der Waals surface area contributed by atoms with E-state index in [4.69, 9.17) is 0 Å². The van der Waals surface area contributed by atoms with Gasteiger partial charge in [0.2, 0.25) is 0 Å². The quantitative estimate of drug-likeness (QED) is 0.131. The van der Waals surface area contributed by atoms with Gasteiger partial charge in [-0.2, -0.15) is 0 Å². The molecule has 0 fully saturated rings. The van der Waals surface area contributed by atoms with E-state index in [2.05, 4.69) is 288 Å². The molecule has 2 nitrogen and oxygen atoms in total. The molecule has 0 bridgehead atoms. The molecule has 70 heavy (non-hydrogen) atoms. The van der Waals surface area contributed by atoms with E-state index in [1.54, 1.807) is 0 Å². The Morgan fingerprint density at radius 3 is 1.37 bits per heavy atom. The molecule has 0 spiro atoms. The van der Waals surface area contributed by atoms with Gasteiger partial charge in [0.25, 0.3) is 0 Å². The van der Waals surface area contributed by atoms with Gasteiger partial charge >= 0.3 is 0 Å². The molecule has 0 amide bonds. The normalized spacial score (nSPS) is 11.4. The molecule has 0 saturated carbocycles. The fourth-order valence-corrected chi connectivity index (χ4v) is 10.7. The molecule has 0 N–H and O–H groups in total. The fourth-order valence-electron chi connectivity index (χ4n) is 10.7. The molecule has 0 unspecified atom stereocenters. The average molecular weight is 891 g/mol. The summed E-state index contributed by atoms with van der Waals surface area (Å²) in [5.41, 5.74) is 20.3. The summed E-state index contributed by atoms with van der Waals surface area (Å²) in [4.78, 5) is 2.34. The first-order valence-corrected chi connectivity index (χ1v) is 24.1. The van der Waals surface area contributed by atoms with Crippen LogP contribution in [0.5, 0.6) is 0 Å². The summed E-state index contributed by atoms with van der Waals surface area (Å²) in [6, 6.07) is 99.1. The third-order valence-electron chi connectivity index (χ3n) is 14.0. The number of hydrogen-bond acceptors (Lipinski definition) is 1. The zero-order chi connectivity index (χ0) is 46.4. The van der Waals surface area contributed by atoms with E-state index < -0.39 is 0 Å². The Labute approximate surface area is 408 Å². The van der Waals surface area contributed by atoms with Gasteiger partial charge < -0.3 is 9.30 Å². The molecule has 2 heteroatoms. The Bertz CT molecular complexity index is 4000. The highest BCUT2D eigenvalue weighted by Gasteiger charge is 2.20. The summed E-state index contributed by atoms with van der Waals surface area (Å²) in [5, 5.41) is 6.36. The number of aromatic nitrogens is 1. The summed E-state index contributed by atoms with van der Waals surface area (Å²) >= 11 is 0. The molecule has 2 aromatic heterocycles. The SMILES string of the molecule is c1ccc(-c2ccccc2-c2ccc(N(c3ccccc3)c3cccc(-c4ccc(-c5ccc(-c6ccc7c(c6)c6ccccc6c6c(-c8ccccc8)c8ccccn8c76)cc5)cc4)c3)cc2)cc1. The average Bonchev–Trinajstić information content (AvgIpc) is 3.80. The number of rotatable bonds is 9. The second-order valence-electron chi connectivity index (χ2n) is 18.1. The van der Waals surface area contributed by atoms with E-state index in [0.29, 0.717) is 0 Å². The van der Waals surface area contributed by atoms with Gasteiger partial charge in [-0.1, -0.05) is 218 Å². The second kappa shape index (κ2) is 17.4. The molecular formula is C68H46N2. The molecule has 11 aromatic carbocycles. The molecule has 0 aliphatic heterocycles. The van der Waals surface area contributed by atoms with Crippen LogP contribution >= 0.6 is 0 Å². The number of para-hydroxylation sites is 1. The zero-order valence-electron chi connectivity index (χ0n) is 38.5. The molecule has 13 aromatic rings. The van der Waals surface area contributed by atoms with Crippen LogP contribution in [-0.2, 0) is 0 Å². The third kappa shape index (κ3) is 7.22. The molecular weight excluding hydrogens is 845 g/mol. The van der Waals surface area contributed by atoms with Gasteiger partial charge in [-0.25, -0.2) is 0 Å². The van der Waals surface area contributed by atoms with Gasteiger partial charge in [-0.05, 0) is 132 Å². The Balaban J connectivity index is 0.799. The van der Waals surface area contributed by atoms with Crippen LogP contribution in [0.25, 0.3) is 105 Å². The maximum atomic E-state index is 2.39. The lowest BCUT2D eigenvalue weighted by molar-refractivity contribution is 1.26. The highest BCUT2D eigenvalue weighted by molar-refractivity contribution is 6.30. The Hall–Kier alpha value is -9.24. The maximum absolute atomic E-state index is 2.39. The van der Waals surface area contributed by atoms with Gasteiger partial charge in [0.15, 0.2) is 0 Å². The first kappa shape index (κ1) is 41.0. The first-order valence-electron chi connectivity index (χ1n) is 24.1. The van der Waals surface area contributed by atoms with E-state index in [1.807, 2.05) is 0 Å². The van der Waals surface area contributed by atoms with Crippen LogP contribution in [0, 0.1) is 0 Å². The van der Waals surface area contributed by atoms with E-state index >= 15 is 0 Å². The van der Waals surface area contributed by atoms with Crippen molar-refractivity contribution in [3.63, 3.8) is 0 Å². The van der Waals surface area contributed by atoms with Crippen molar-refractivity contribution in [2.45, 2.75) is 0 Å². The Kier molecular flexibility index (Phi) is 10.2. The van der Waals surface area contributed by atoms with Crippen molar-refractivity contribution in [1.82, 2.24) is 4.40 Å². The van der Waals surface area contributed by atoms with Crippen LogP contribution in [0.1, 0.15) is 0 Å². The van der Waals surface area contributed by atoms with Gasteiger partial charge in [-0.3, -0.25) is 0 Å². The maximum Gasteiger partial charge on any atom is 0.0620 e. The van der Waals surface area contributed by atoms with Crippen LogP contribution in [0.4, 0.5) is 17.1 Å². The summed E-state index contributed by atoms with van der Waals surface area (Å²) in [6.07, 6.45) is 2.21. The topological polar surface area (TPSA) is 7.65 Å². The lowest BCUT2D eigenvalue weighted by atomic mass is 9.92. The van der Waals surface area contributed by atoms with Gasteiger partial charge in [-0.15, -0.1) is 0 Å². The summed E-state index contributed by atoms with van der Waals surface area (Å²) in [5.74, 6) is 0. The summed E-state index contributed by atoms with van der Waals surface area (Å²) in [6.45, 7) is 0. The lowest BCUT2D eigenvalue weighted by Crippen LogP contribution is -2.09. The lowest BCUT2D eigenvalue weighted by Gasteiger charge is -2.26. The number of hydrogen-bond donors (Lipinski definition) is 0. The highest BCUT2D eigenvalue weighted by Crippen LogP contribution is 2.45. The van der Waals surface area contributed by atoms with E-state index in [9.17, 15) is 0 Å². The number of fused-ring (bicyclic) bond motifs is 8. The van der Waals surface area contributed by atoms with Crippen molar-refractivity contribution in [3.05, 3.63) is 279 Å².